The van der Waals surface area contributed by atoms with E-state index in [4.69, 9.17) is 61.9 Å². The molecule has 1 spiro atoms. The van der Waals surface area contributed by atoms with E-state index in [0.29, 0.717) is 116 Å². The summed E-state index contributed by atoms with van der Waals surface area (Å²) < 4.78 is 76.1. The van der Waals surface area contributed by atoms with Gasteiger partial charge in [0.1, 0.15) is 17.8 Å². The smallest absolute Gasteiger partial charge is 0.427 e. The number of alkyl carbamates (subject to hydrolysis) is 1. The average molecular weight is 1050 g/mol. The van der Waals surface area contributed by atoms with Gasteiger partial charge in [-0.1, -0.05) is 20.1 Å². The van der Waals surface area contributed by atoms with Crippen LogP contribution in [0.4, 0.5) is 9.59 Å². The summed E-state index contributed by atoms with van der Waals surface area (Å²) in [5.41, 5.74) is 4.83. The van der Waals surface area contributed by atoms with Crippen LogP contribution in [0, 0.1) is 11.8 Å². The summed E-state index contributed by atoms with van der Waals surface area (Å²) in [5.74, 6) is -1.05. The second-order valence-electron chi connectivity index (χ2n) is 23.2. The van der Waals surface area contributed by atoms with Crippen LogP contribution >= 0.6 is 0 Å². The lowest BCUT2D eigenvalue weighted by Gasteiger charge is -2.47. The molecule has 4 N–H and O–H groups in total. The Morgan fingerprint density at radius 1 is 0.824 bits per heavy atom. The van der Waals surface area contributed by atoms with Gasteiger partial charge < -0.3 is 77.3 Å². The molecule has 0 aromatic carbocycles. The number of carbonyl (C=O) groups is 2. The van der Waals surface area contributed by atoms with Crippen molar-refractivity contribution in [2.45, 2.75) is 221 Å². The fraction of sp³-hybridized carbons (Fsp3) is 0.870. The Bertz CT molecular complexity index is 1920. The van der Waals surface area contributed by atoms with E-state index in [0.717, 1.165) is 36.8 Å². The number of carbonyl (C=O) groups excluding carboxylic acids is 2. The zero-order chi connectivity index (χ0) is 52.7. The van der Waals surface area contributed by atoms with Gasteiger partial charge in [-0.05, 0) is 96.2 Å². The van der Waals surface area contributed by atoms with E-state index in [1.54, 1.807) is 7.11 Å². The van der Waals surface area contributed by atoms with Gasteiger partial charge in [0.25, 0.3) is 0 Å². The highest BCUT2D eigenvalue weighted by atomic mass is 16.7. The average Bonchev–Trinajstić information content (AvgIpc) is 3.96. The van der Waals surface area contributed by atoms with Crippen molar-refractivity contribution in [3.05, 3.63) is 24.3 Å². The zero-order valence-corrected chi connectivity index (χ0v) is 45.1. The molecule has 8 saturated heterocycles. The standard InChI is InChI=1S/C54H88N4O16/c1-31-22-36-10-12-41-32(2)23-38(67-41)14-15-54-29-40(60)49(73-54)46-28-47(72-54)50-42(70-46)13-11-37(69-50)24-34(56-57-52(62)64-9)25-39-44(27-43(68-36)33(31)3)71-45(48(39)63-8)26-35(59)30-58(7)17-19-66-21-20-65-18-16-55-51(61)74-53(4,5)6/h31,35-50,59-60H,2-3,10-30H2,1,4-9H3,(H,55,61)(H,57,62)/b56-34+/t31-,35+,36+,37-,38+,39?,40-,41+,42+,43-,44+,45-,46-,47-,48-,49+,50+,54-/m1/s1. The third kappa shape index (κ3) is 15.0. The number of rotatable bonds is 15. The molecule has 0 radical (unpaired) electrons. The number of aliphatic hydroxyl groups is 2. The van der Waals surface area contributed by atoms with Gasteiger partial charge in [-0.3, -0.25) is 0 Å². The number of nitrogens with zero attached hydrogens (tertiary/aromatic N) is 2. The highest BCUT2D eigenvalue weighted by Crippen LogP contribution is 2.49. The molecule has 10 bridgehead atoms. The molecule has 0 saturated carbocycles. The first-order chi connectivity index (χ1) is 35.4. The molecule has 8 aliphatic heterocycles. The van der Waals surface area contributed by atoms with Crippen LogP contribution < -0.4 is 10.7 Å². The number of amides is 2. The molecular formula is C54H88N4O16. The lowest BCUT2D eigenvalue weighted by molar-refractivity contribution is -0.276. The minimum atomic E-state index is -0.999. The van der Waals surface area contributed by atoms with E-state index >= 15 is 0 Å². The van der Waals surface area contributed by atoms with Crippen molar-refractivity contribution < 1.29 is 76.6 Å². The first kappa shape index (κ1) is 57.3. The van der Waals surface area contributed by atoms with E-state index in [1.807, 2.05) is 32.7 Å². The van der Waals surface area contributed by atoms with Gasteiger partial charge in [0.15, 0.2) is 5.79 Å². The van der Waals surface area contributed by atoms with Crippen molar-refractivity contribution in [2.24, 2.45) is 16.9 Å². The summed E-state index contributed by atoms with van der Waals surface area (Å²) in [5, 5.41) is 30.3. The van der Waals surface area contributed by atoms with Crippen molar-refractivity contribution in [3.63, 3.8) is 0 Å². The SMILES string of the molecule is C=C1C[C@@H]2CC[C@]34C[C@@H](O)[C@H](O3)[C@H]3C[C@@H](O4)[C@H]4O[C@H](CC[C@@H]4O3)C/C(=N\NC(=O)OC)CC3[C@H](C[C@H]4O[C@@H](CC[C@@H]1O2)C[C@@H](C)C4=C)O[C@H](C[C@H](O)CN(C)CCOCCOCCNC(=O)OC(C)(C)C)[C@@H]3OC. The Kier molecular flexibility index (Phi) is 20.0. The molecule has 74 heavy (non-hydrogen) atoms. The fourth-order valence-electron chi connectivity index (χ4n) is 12.6. The van der Waals surface area contributed by atoms with Crippen LogP contribution in [0.25, 0.3) is 0 Å². The summed E-state index contributed by atoms with van der Waals surface area (Å²) in [7, 11) is 4.93. The number of methoxy groups -OCH3 is 2. The summed E-state index contributed by atoms with van der Waals surface area (Å²) in [6.45, 7) is 19.5. The minimum Gasteiger partial charge on any atom is -0.452 e. The number of hydrogen-bond donors (Lipinski definition) is 4. The van der Waals surface area contributed by atoms with E-state index in [1.165, 1.54) is 7.11 Å². The number of hydrazone groups is 1. The van der Waals surface area contributed by atoms with Gasteiger partial charge in [0.2, 0.25) is 0 Å². The molecule has 8 rings (SSSR count). The number of nitrogens with one attached hydrogen (secondary N) is 2. The quantitative estimate of drug-likeness (QED) is 0.0952. The van der Waals surface area contributed by atoms with E-state index in [2.05, 4.69) is 30.8 Å². The first-order valence-corrected chi connectivity index (χ1v) is 27.5. The Labute approximate surface area is 438 Å². The van der Waals surface area contributed by atoms with Gasteiger partial charge in [0, 0.05) is 76.9 Å². The number of hydrogen-bond acceptors (Lipinski definition) is 18. The van der Waals surface area contributed by atoms with Crippen molar-refractivity contribution in [1.29, 1.82) is 0 Å². The number of likely N-dealkylation sites (N-methyl/N-ethyl adjacent to an activating group) is 1. The fourth-order valence-corrected chi connectivity index (χ4v) is 12.6. The molecule has 420 valence electrons. The largest absolute Gasteiger partial charge is 0.452 e. The molecule has 0 aromatic heterocycles. The van der Waals surface area contributed by atoms with E-state index in [-0.39, 0.29) is 72.9 Å². The molecule has 8 aliphatic rings. The van der Waals surface area contributed by atoms with Crippen molar-refractivity contribution in [1.82, 2.24) is 15.6 Å². The summed E-state index contributed by atoms with van der Waals surface area (Å²) in [6, 6.07) is 0. The summed E-state index contributed by atoms with van der Waals surface area (Å²) in [4.78, 5) is 26.5. The maximum atomic E-state index is 12.6. The lowest BCUT2D eigenvalue weighted by atomic mass is 9.81. The third-order valence-corrected chi connectivity index (χ3v) is 16.3. The Morgan fingerprint density at radius 2 is 1.58 bits per heavy atom. The van der Waals surface area contributed by atoms with Gasteiger partial charge in [-0.25, -0.2) is 15.0 Å². The predicted molar refractivity (Wildman–Crippen MR) is 271 cm³/mol. The van der Waals surface area contributed by atoms with Crippen LogP contribution in [-0.4, -0.2) is 203 Å². The van der Waals surface area contributed by atoms with Gasteiger partial charge in [-0.2, -0.15) is 5.10 Å². The number of aliphatic hydroxyl groups excluding tert-OH is 2. The first-order valence-electron chi connectivity index (χ1n) is 27.5. The molecule has 0 aliphatic carbocycles. The van der Waals surface area contributed by atoms with Crippen LogP contribution in [0.5, 0.6) is 0 Å². The molecule has 0 aromatic rings. The number of fused-ring (bicyclic) bond motifs is 9. The molecule has 20 heteroatoms. The minimum absolute atomic E-state index is 0.0311. The topological polar surface area (TPSA) is 225 Å². The number of ether oxygens (including phenoxy) is 12. The second-order valence-corrected chi connectivity index (χ2v) is 23.2. The Hall–Kier alpha value is -2.83. The maximum absolute atomic E-state index is 12.6. The molecule has 18 atom stereocenters. The van der Waals surface area contributed by atoms with Crippen LogP contribution in [-0.2, 0) is 56.8 Å². The predicted octanol–water partition coefficient (Wildman–Crippen LogP) is 5.10. The Morgan fingerprint density at radius 3 is 2.35 bits per heavy atom. The van der Waals surface area contributed by atoms with Crippen molar-refractivity contribution in [2.75, 3.05) is 67.3 Å². The van der Waals surface area contributed by atoms with Gasteiger partial charge in [-0.15, -0.1) is 0 Å². The normalized spacial score (nSPS) is 39.5. The summed E-state index contributed by atoms with van der Waals surface area (Å²) >= 11 is 0. The molecular weight excluding hydrogens is 961 g/mol. The molecule has 8 heterocycles. The lowest BCUT2D eigenvalue weighted by Crippen LogP contribution is -2.58. The van der Waals surface area contributed by atoms with Crippen LogP contribution in [0.1, 0.15) is 118 Å². The Balaban J connectivity index is 0.955. The molecule has 20 nitrogen and oxygen atoms in total. The monoisotopic (exact) mass is 1050 g/mol. The highest BCUT2D eigenvalue weighted by molar-refractivity contribution is 5.86. The summed E-state index contributed by atoms with van der Waals surface area (Å²) in [6.07, 6.45) is 1.90. The van der Waals surface area contributed by atoms with Crippen LogP contribution in [0.2, 0.25) is 0 Å². The second kappa shape index (κ2) is 25.8. The van der Waals surface area contributed by atoms with Crippen molar-refractivity contribution in [3.8, 4) is 0 Å². The van der Waals surface area contributed by atoms with Gasteiger partial charge in [0.05, 0.1) is 113 Å². The van der Waals surface area contributed by atoms with Gasteiger partial charge >= 0.3 is 12.2 Å². The zero-order valence-electron chi connectivity index (χ0n) is 45.1. The highest BCUT2D eigenvalue weighted by Gasteiger charge is 2.59. The van der Waals surface area contributed by atoms with E-state index in [9.17, 15) is 19.8 Å². The molecule has 2 amide bonds. The van der Waals surface area contributed by atoms with E-state index < -0.39 is 54.1 Å². The van der Waals surface area contributed by atoms with Crippen LogP contribution in [0.3, 0.4) is 0 Å². The van der Waals surface area contributed by atoms with Crippen molar-refractivity contribution >= 4 is 17.9 Å². The van der Waals surface area contributed by atoms with Crippen LogP contribution in [0.15, 0.2) is 29.4 Å². The maximum Gasteiger partial charge on any atom is 0.427 e. The molecule has 8 fully saturated rings. The third-order valence-electron chi connectivity index (χ3n) is 16.3. The molecule has 1 unspecified atom stereocenters.